The Hall–Kier alpha value is -4.52. The Bertz CT molecular complexity index is 1380. The van der Waals surface area contributed by atoms with E-state index in [4.69, 9.17) is 11.0 Å². The maximum Gasteiger partial charge on any atom is 0.252 e. The van der Waals surface area contributed by atoms with Gasteiger partial charge in [0.1, 0.15) is 12.2 Å². The van der Waals surface area contributed by atoms with E-state index in [9.17, 15) is 4.79 Å². The molecule has 1 saturated heterocycles. The molecule has 4 aromatic rings. The number of fused-ring (bicyclic) bond motifs is 1. The number of nitrogens with zero attached hydrogens (tertiary/aromatic N) is 6. The number of nitriles is 1. The number of anilines is 2. The Labute approximate surface area is 194 Å². The van der Waals surface area contributed by atoms with Crippen LogP contribution in [0.4, 0.5) is 15.9 Å². The van der Waals surface area contributed by atoms with Gasteiger partial charge in [0.25, 0.3) is 5.91 Å². The third-order valence-electron chi connectivity index (χ3n) is 5.97. The lowest BCUT2D eigenvalue weighted by Crippen LogP contribution is -2.48. The van der Waals surface area contributed by atoms with E-state index in [0.29, 0.717) is 30.0 Å². The Kier molecular flexibility index (Phi) is 5.51. The lowest BCUT2D eigenvalue weighted by atomic mass is 10.0. The molecule has 0 aliphatic carbocycles. The van der Waals surface area contributed by atoms with Crippen LogP contribution in [0.3, 0.4) is 0 Å². The molecule has 3 aromatic heterocycles. The molecule has 9 nitrogen and oxygen atoms in total. The number of primary amides is 1. The van der Waals surface area contributed by atoms with Crippen molar-refractivity contribution in [3.05, 3.63) is 72.2 Å². The first-order valence-corrected chi connectivity index (χ1v) is 10.8. The molecule has 170 valence electrons. The predicted molar refractivity (Wildman–Crippen MR) is 125 cm³/mol. The van der Waals surface area contributed by atoms with Crippen LogP contribution in [0.2, 0.25) is 0 Å². The molecule has 2 atom stereocenters. The molecule has 3 N–H and O–H groups in total. The molecular formula is C24H21FN8O. The minimum Gasteiger partial charge on any atom is -0.377 e. The summed E-state index contributed by atoms with van der Waals surface area (Å²) >= 11 is 0. The summed E-state index contributed by atoms with van der Waals surface area (Å²) < 4.78 is 16.9. The summed E-state index contributed by atoms with van der Waals surface area (Å²) in [5.74, 6) is -0.121. The fraction of sp³-hybridized carbons (Fsp3) is 0.208. The van der Waals surface area contributed by atoms with Crippen molar-refractivity contribution in [3.8, 4) is 17.2 Å². The number of carbonyl (C=O) groups excluding carboxylic acids is 1. The average Bonchev–Trinajstić information content (AvgIpc) is 3.31. The second-order valence-electron chi connectivity index (χ2n) is 8.11. The summed E-state index contributed by atoms with van der Waals surface area (Å²) in [6.07, 6.45) is 2.48. The zero-order valence-corrected chi connectivity index (χ0v) is 18.1. The summed E-state index contributed by atoms with van der Waals surface area (Å²) in [4.78, 5) is 13.9. The van der Waals surface area contributed by atoms with Gasteiger partial charge in [-0.15, -0.1) is 10.2 Å². The number of hydrogen-bond donors (Lipinski definition) is 2. The maximum absolute atomic E-state index is 15.3. The predicted octanol–water partition coefficient (Wildman–Crippen LogP) is 2.79. The van der Waals surface area contributed by atoms with Gasteiger partial charge in [0.2, 0.25) is 0 Å². The molecule has 34 heavy (non-hydrogen) atoms. The van der Waals surface area contributed by atoms with Gasteiger partial charge in [0, 0.05) is 18.3 Å². The highest BCUT2D eigenvalue weighted by atomic mass is 19.1. The standard InChI is InChI=1S/C24H21FN8O/c25-19-14-32(22-7-6-17(11-26)30-31-22)9-8-20(19)29-23-18(24(27)34)12-28-33-13-16(10-21(23)33)15-4-2-1-3-5-15/h1-7,10,12-13,19-20,29H,8-9,14H2,(H2,27,34)/t19-,20-/m1/s1. The Morgan fingerprint density at radius 1 is 1.18 bits per heavy atom. The number of piperidine rings is 1. The third kappa shape index (κ3) is 3.99. The average molecular weight is 456 g/mol. The first-order chi connectivity index (χ1) is 16.5. The van der Waals surface area contributed by atoms with Crippen LogP contribution in [0.25, 0.3) is 16.6 Å². The first-order valence-electron chi connectivity index (χ1n) is 10.8. The van der Waals surface area contributed by atoms with Crippen LogP contribution >= 0.6 is 0 Å². The van der Waals surface area contributed by atoms with Crippen LogP contribution in [0.15, 0.2) is 60.9 Å². The van der Waals surface area contributed by atoms with Gasteiger partial charge in [-0.25, -0.2) is 8.91 Å². The molecule has 1 aliphatic heterocycles. The number of alkyl halides is 1. The lowest BCUT2D eigenvalue weighted by Gasteiger charge is -2.36. The molecule has 0 bridgehead atoms. The van der Waals surface area contributed by atoms with Crippen molar-refractivity contribution >= 4 is 22.9 Å². The Balaban J connectivity index is 1.42. The minimum absolute atomic E-state index is 0.0990. The van der Waals surface area contributed by atoms with Gasteiger partial charge in [-0.05, 0) is 30.2 Å². The number of carbonyl (C=O) groups is 1. The highest BCUT2D eigenvalue weighted by Gasteiger charge is 2.31. The molecule has 4 heterocycles. The molecule has 1 amide bonds. The van der Waals surface area contributed by atoms with Gasteiger partial charge < -0.3 is 16.0 Å². The number of rotatable bonds is 5. The van der Waals surface area contributed by atoms with E-state index in [1.54, 1.807) is 21.5 Å². The molecule has 1 aromatic carbocycles. The zero-order valence-electron chi connectivity index (χ0n) is 18.1. The van der Waals surface area contributed by atoms with Gasteiger partial charge in [0.15, 0.2) is 11.5 Å². The lowest BCUT2D eigenvalue weighted by molar-refractivity contribution is 0.100. The summed E-state index contributed by atoms with van der Waals surface area (Å²) in [7, 11) is 0. The van der Waals surface area contributed by atoms with Crippen LogP contribution in [0.5, 0.6) is 0 Å². The molecule has 1 aliphatic rings. The van der Waals surface area contributed by atoms with Crippen LogP contribution < -0.4 is 16.0 Å². The van der Waals surface area contributed by atoms with Crippen LogP contribution in [0, 0.1) is 11.3 Å². The van der Waals surface area contributed by atoms with E-state index in [1.807, 2.05) is 48.7 Å². The number of aromatic nitrogens is 4. The van der Waals surface area contributed by atoms with Gasteiger partial charge in [-0.2, -0.15) is 10.4 Å². The Morgan fingerprint density at radius 2 is 2.00 bits per heavy atom. The topological polar surface area (TPSA) is 125 Å². The summed E-state index contributed by atoms with van der Waals surface area (Å²) in [6, 6.07) is 16.3. The van der Waals surface area contributed by atoms with Crippen LogP contribution in [0.1, 0.15) is 22.5 Å². The summed E-state index contributed by atoms with van der Waals surface area (Å²) in [5.41, 5.74) is 9.05. The fourth-order valence-electron chi connectivity index (χ4n) is 4.20. The monoisotopic (exact) mass is 456 g/mol. The van der Waals surface area contributed by atoms with Crippen molar-refractivity contribution in [2.24, 2.45) is 5.73 Å². The van der Waals surface area contributed by atoms with Crippen LogP contribution in [-0.2, 0) is 0 Å². The molecule has 0 saturated carbocycles. The number of hydrogen-bond acceptors (Lipinski definition) is 7. The van der Waals surface area contributed by atoms with Gasteiger partial charge in [0.05, 0.1) is 35.6 Å². The molecular weight excluding hydrogens is 435 g/mol. The number of halogens is 1. The van der Waals surface area contributed by atoms with Gasteiger partial charge in [-0.3, -0.25) is 4.79 Å². The van der Waals surface area contributed by atoms with Crippen molar-refractivity contribution in [1.29, 1.82) is 5.26 Å². The highest BCUT2D eigenvalue weighted by Crippen LogP contribution is 2.31. The van der Waals surface area contributed by atoms with E-state index in [0.717, 1.165) is 11.1 Å². The Morgan fingerprint density at radius 3 is 2.68 bits per heavy atom. The van der Waals surface area contributed by atoms with Crippen molar-refractivity contribution in [3.63, 3.8) is 0 Å². The molecule has 0 unspecified atom stereocenters. The van der Waals surface area contributed by atoms with Gasteiger partial charge >= 0.3 is 0 Å². The minimum atomic E-state index is -1.25. The van der Waals surface area contributed by atoms with Crippen LogP contribution in [-0.4, -0.2) is 51.0 Å². The number of nitrogens with two attached hydrogens (primary N) is 1. The third-order valence-corrected chi connectivity index (χ3v) is 5.97. The smallest absolute Gasteiger partial charge is 0.252 e. The normalized spacial score (nSPS) is 17.9. The quantitative estimate of drug-likeness (QED) is 0.473. The molecule has 0 spiro atoms. The van der Waals surface area contributed by atoms with E-state index in [1.165, 1.54) is 6.20 Å². The second-order valence-corrected chi connectivity index (χ2v) is 8.11. The second kappa shape index (κ2) is 8.78. The molecule has 10 heteroatoms. The van der Waals surface area contributed by atoms with E-state index < -0.39 is 18.1 Å². The number of amides is 1. The highest BCUT2D eigenvalue weighted by molar-refractivity contribution is 6.02. The summed E-state index contributed by atoms with van der Waals surface area (Å²) in [6.45, 7) is 0.629. The van der Waals surface area contributed by atoms with Crippen molar-refractivity contribution < 1.29 is 9.18 Å². The van der Waals surface area contributed by atoms with Crippen molar-refractivity contribution in [2.45, 2.75) is 18.6 Å². The molecule has 0 radical (unpaired) electrons. The molecule has 1 fully saturated rings. The summed E-state index contributed by atoms with van der Waals surface area (Å²) in [5, 5.41) is 24.3. The van der Waals surface area contributed by atoms with E-state index >= 15 is 4.39 Å². The van der Waals surface area contributed by atoms with Gasteiger partial charge in [-0.1, -0.05) is 30.3 Å². The van der Waals surface area contributed by atoms with Crippen molar-refractivity contribution in [1.82, 2.24) is 19.8 Å². The maximum atomic E-state index is 15.3. The largest absolute Gasteiger partial charge is 0.377 e. The van der Waals surface area contributed by atoms with E-state index in [-0.39, 0.29) is 17.8 Å². The molecule has 5 rings (SSSR count). The zero-order chi connectivity index (χ0) is 23.7. The SMILES string of the molecule is N#Cc1ccc(N2CC[C@@H](Nc3c(C(N)=O)cnn4cc(-c5ccccc5)cc34)[C@H](F)C2)nn1. The number of benzene rings is 1. The fourth-order valence-corrected chi connectivity index (χ4v) is 4.20. The first kappa shape index (κ1) is 21.3. The van der Waals surface area contributed by atoms with E-state index in [2.05, 4.69) is 20.6 Å². The van der Waals surface area contributed by atoms with Crippen molar-refractivity contribution in [2.75, 3.05) is 23.3 Å². The number of nitrogens with one attached hydrogen (secondary N) is 1.